The molecule has 0 bridgehead atoms. The molecule has 0 radical (unpaired) electrons. The third-order valence-corrected chi connectivity index (χ3v) is 3.30. The Hall–Kier alpha value is -1.06. The number of hydrogen-bond donors (Lipinski definition) is 1. The van der Waals surface area contributed by atoms with Crippen LogP contribution < -0.4 is 10.1 Å². The Balaban J connectivity index is 2.27. The van der Waals surface area contributed by atoms with Crippen LogP contribution in [-0.2, 0) is 6.42 Å². The van der Waals surface area contributed by atoms with Gasteiger partial charge in [-0.05, 0) is 65.0 Å². The molecule has 19 heavy (non-hydrogen) atoms. The van der Waals surface area contributed by atoms with Crippen molar-refractivity contribution in [3.63, 3.8) is 0 Å². The van der Waals surface area contributed by atoms with Gasteiger partial charge in [0.05, 0.1) is 6.61 Å². The van der Waals surface area contributed by atoms with E-state index in [1.807, 2.05) is 7.05 Å². The van der Waals surface area contributed by atoms with Crippen LogP contribution in [0.5, 0.6) is 5.75 Å². The van der Waals surface area contributed by atoms with Crippen LogP contribution in [0.15, 0.2) is 24.3 Å². The summed E-state index contributed by atoms with van der Waals surface area (Å²) in [6.45, 7) is 4.07. The molecule has 0 saturated carbocycles. The van der Waals surface area contributed by atoms with Crippen LogP contribution >= 0.6 is 0 Å². The molecule has 0 aliphatic heterocycles. The minimum Gasteiger partial charge on any atom is -0.494 e. The lowest BCUT2D eigenvalue weighted by Crippen LogP contribution is -2.21. The molecule has 0 amide bonds. The minimum absolute atomic E-state index is 0.571. The van der Waals surface area contributed by atoms with E-state index in [0.29, 0.717) is 6.04 Å². The van der Waals surface area contributed by atoms with E-state index in [4.69, 9.17) is 4.74 Å². The first kappa shape index (κ1) is 16.0. The molecule has 1 aromatic carbocycles. The van der Waals surface area contributed by atoms with Gasteiger partial charge in [-0.3, -0.25) is 0 Å². The fourth-order valence-electron chi connectivity index (χ4n) is 1.85. The van der Waals surface area contributed by atoms with Crippen molar-refractivity contribution >= 4 is 0 Å². The lowest BCUT2D eigenvalue weighted by Gasteiger charge is -2.11. The summed E-state index contributed by atoms with van der Waals surface area (Å²) in [5, 5.41) is 3.26. The van der Waals surface area contributed by atoms with Gasteiger partial charge in [-0.25, -0.2) is 0 Å². The summed E-state index contributed by atoms with van der Waals surface area (Å²) in [7, 11) is 6.18. The van der Waals surface area contributed by atoms with Gasteiger partial charge in [-0.15, -0.1) is 0 Å². The van der Waals surface area contributed by atoms with Crippen molar-refractivity contribution in [2.75, 3.05) is 34.3 Å². The Kier molecular flexibility index (Phi) is 7.53. The molecule has 0 aliphatic rings. The van der Waals surface area contributed by atoms with Crippen LogP contribution in [0.25, 0.3) is 0 Å². The highest BCUT2D eigenvalue weighted by atomic mass is 16.5. The second-order valence-electron chi connectivity index (χ2n) is 5.38. The second kappa shape index (κ2) is 8.94. The zero-order valence-corrected chi connectivity index (χ0v) is 12.8. The molecular formula is C16H28N2O. The van der Waals surface area contributed by atoms with Crippen LogP contribution in [0, 0.1) is 0 Å². The number of rotatable bonds is 9. The van der Waals surface area contributed by atoms with Crippen molar-refractivity contribution in [3.05, 3.63) is 29.8 Å². The zero-order chi connectivity index (χ0) is 14.1. The Morgan fingerprint density at radius 3 is 2.47 bits per heavy atom. The predicted octanol–water partition coefficient (Wildman–Crippen LogP) is 2.56. The highest BCUT2D eigenvalue weighted by Gasteiger charge is 2.00. The maximum absolute atomic E-state index is 5.72. The van der Waals surface area contributed by atoms with E-state index in [2.05, 4.69) is 55.5 Å². The predicted molar refractivity (Wildman–Crippen MR) is 82.0 cm³/mol. The number of hydrogen-bond acceptors (Lipinski definition) is 3. The highest BCUT2D eigenvalue weighted by Crippen LogP contribution is 2.14. The van der Waals surface area contributed by atoms with E-state index in [1.54, 1.807) is 0 Å². The molecular weight excluding hydrogens is 236 g/mol. The van der Waals surface area contributed by atoms with Gasteiger partial charge in [-0.2, -0.15) is 0 Å². The van der Waals surface area contributed by atoms with Crippen molar-refractivity contribution in [3.8, 4) is 5.75 Å². The Morgan fingerprint density at radius 1 is 1.21 bits per heavy atom. The Bertz CT molecular complexity index is 335. The molecule has 1 aromatic rings. The molecule has 3 nitrogen and oxygen atoms in total. The van der Waals surface area contributed by atoms with E-state index < -0.39 is 0 Å². The maximum Gasteiger partial charge on any atom is 0.119 e. The molecule has 1 N–H and O–H groups in total. The molecule has 108 valence electrons. The van der Waals surface area contributed by atoms with Gasteiger partial charge in [0.15, 0.2) is 0 Å². The third-order valence-electron chi connectivity index (χ3n) is 3.30. The first-order valence-electron chi connectivity index (χ1n) is 7.15. The van der Waals surface area contributed by atoms with E-state index >= 15 is 0 Å². The van der Waals surface area contributed by atoms with Gasteiger partial charge < -0.3 is 15.0 Å². The normalized spacial score (nSPS) is 12.7. The van der Waals surface area contributed by atoms with E-state index in [0.717, 1.165) is 31.7 Å². The summed E-state index contributed by atoms with van der Waals surface area (Å²) in [4.78, 5) is 2.18. The molecule has 0 spiro atoms. The number of nitrogens with one attached hydrogen (secondary N) is 1. The van der Waals surface area contributed by atoms with E-state index in [1.165, 1.54) is 12.0 Å². The van der Waals surface area contributed by atoms with Gasteiger partial charge in [0, 0.05) is 12.6 Å². The van der Waals surface area contributed by atoms with Gasteiger partial charge in [0.2, 0.25) is 0 Å². The van der Waals surface area contributed by atoms with E-state index in [-0.39, 0.29) is 0 Å². The summed E-state index contributed by atoms with van der Waals surface area (Å²) >= 11 is 0. The molecule has 1 unspecified atom stereocenters. The smallest absolute Gasteiger partial charge is 0.119 e. The number of benzene rings is 1. The second-order valence-corrected chi connectivity index (χ2v) is 5.38. The van der Waals surface area contributed by atoms with Gasteiger partial charge in [0.25, 0.3) is 0 Å². The lowest BCUT2D eigenvalue weighted by molar-refractivity contribution is 0.281. The number of aryl methyl sites for hydroxylation is 1. The van der Waals surface area contributed by atoms with E-state index in [9.17, 15) is 0 Å². The fraction of sp³-hybridized carbons (Fsp3) is 0.625. The molecule has 1 rings (SSSR count). The van der Waals surface area contributed by atoms with Crippen molar-refractivity contribution in [2.45, 2.75) is 32.2 Å². The molecule has 0 saturated heterocycles. The monoisotopic (exact) mass is 264 g/mol. The molecule has 0 heterocycles. The standard InChI is InChI=1S/C16H28N2O/c1-14(17-2)6-7-15-8-10-16(11-9-15)19-13-5-12-18(3)4/h8-11,14,17H,5-7,12-13H2,1-4H3. The Labute approximate surface area is 118 Å². The SMILES string of the molecule is CNC(C)CCc1ccc(OCCCN(C)C)cc1. The summed E-state index contributed by atoms with van der Waals surface area (Å²) < 4.78 is 5.72. The fourth-order valence-corrected chi connectivity index (χ4v) is 1.85. The summed E-state index contributed by atoms with van der Waals surface area (Å²) in [5.74, 6) is 0.976. The first-order valence-corrected chi connectivity index (χ1v) is 7.15. The molecule has 0 aliphatic carbocycles. The first-order chi connectivity index (χ1) is 9.11. The Morgan fingerprint density at radius 2 is 1.89 bits per heavy atom. The topological polar surface area (TPSA) is 24.5 Å². The largest absolute Gasteiger partial charge is 0.494 e. The molecule has 1 atom stereocenters. The van der Waals surface area contributed by atoms with Crippen LogP contribution in [0.2, 0.25) is 0 Å². The minimum atomic E-state index is 0.571. The average molecular weight is 264 g/mol. The summed E-state index contributed by atoms with van der Waals surface area (Å²) in [6, 6.07) is 9.07. The average Bonchev–Trinajstić information content (AvgIpc) is 2.42. The third kappa shape index (κ3) is 7.19. The van der Waals surface area contributed by atoms with Crippen LogP contribution in [0.4, 0.5) is 0 Å². The van der Waals surface area contributed by atoms with Crippen molar-refractivity contribution < 1.29 is 4.74 Å². The quantitative estimate of drug-likeness (QED) is 0.694. The van der Waals surface area contributed by atoms with Crippen LogP contribution in [0.3, 0.4) is 0 Å². The van der Waals surface area contributed by atoms with Gasteiger partial charge >= 0.3 is 0 Å². The molecule has 3 heteroatoms. The van der Waals surface area contributed by atoms with Gasteiger partial charge in [0.1, 0.15) is 5.75 Å². The van der Waals surface area contributed by atoms with Crippen LogP contribution in [0.1, 0.15) is 25.3 Å². The lowest BCUT2D eigenvalue weighted by atomic mass is 10.1. The van der Waals surface area contributed by atoms with Crippen molar-refractivity contribution in [2.24, 2.45) is 0 Å². The zero-order valence-electron chi connectivity index (χ0n) is 12.8. The van der Waals surface area contributed by atoms with Crippen molar-refractivity contribution in [1.29, 1.82) is 0 Å². The molecule has 0 aromatic heterocycles. The highest BCUT2D eigenvalue weighted by molar-refractivity contribution is 5.27. The van der Waals surface area contributed by atoms with Crippen molar-refractivity contribution in [1.82, 2.24) is 10.2 Å². The van der Waals surface area contributed by atoms with Gasteiger partial charge in [-0.1, -0.05) is 12.1 Å². The summed E-state index contributed by atoms with van der Waals surface area (Å²) in [6.07, 6.45) is 3.34. The van der Waals surface area contributed by atoms with Crippen LogP contribution in [-0.4, -0.2) is 45.2 Å². The molecule has 0 fully saturated rings. The number of nitrogens with zero attached hydrogens (tertiary/aromatic N) is 1. The maximum atomic E-state index is 5.72. The number of ether oxygens (including phenoxy) is 1. The summed E-state index contributed by atoms with van der Waals surface area (Å²) in [5.41, 5.74) is 1.38.